The maximum absolute atomic E-state index is 11.6. The first-order chi connectivity index (χ1) is 8.41. The molecule has 0 spiro atoms. The van der Waals surface area contributed by atoms with Gasteiger partial charge < -0.3 is 10.2 Å². The smallest absolute Gasteiger partial charge is 0.270 e. The number of rotatable bonds is 4. The largest absolute Gasteiger partial charge is 0.347 e. The molecule has 1 rings (SSSR count). The number of nitrogens with one attached hydrogen (secondary N) is 1. The van der Waals surface area contributed by atoms with Crippen molar-refractivity contribution in [3.63, 3.8) is 0 Å². The monoisotopic (exact) mass is 251 g/mol. The molecule has 0 aliphatic rings. The van der Waals surface area contributed by atoms with Crippen molar-refractivity contribution in [3.05, 3.63) is 39.9 Å². The topological polar surface area (TPSA) is 92.6 Å². The number of likely N-dealkylation sites (N-methyl/N-ethyl adjacent to an activating group) is 1. The Morgan fingerprint density at radius 3 is 2.61 bits per heavy atom. The molecular weight excluding hydrogens is 238 g/mol. The van der Waals surface area contributed by atoms with E-state index in [9.17, 15) is 19.7 Å². The normalized spacial score (nSPS) is 9.67. The van der Waals surface area contributed by atoms with Crippen LogP contribution in [0.2, 0.25) is 0 Å². The van der Waals surface area contributed by atoms with Gasteiger partial charge in [-0.25, -0.2) is 0 Å². The zero-order valence-electron chi connectivity index (χ0n) is 10.0. The molecule has 7 nitrogen and oxygen atoms in total. The molecule has 0 aliphatic heterocycles. The van der Waals surface area contributed by atoms with Gasteiger partial charge >= 0.3 is 0 Å². The number of hydrogen-bond acceptors (Lipinski definition) is 4. The van der Waals surface area contributed by atoms with Crippen molar-refractivity contribution in [2.24, 2.45) is 0 Å². The van der Waals surface area contributed by atoms with Crippen molar-refractivity contribution in [1.82, 2.24) is 10.2 Å². The summed E-state index contributed by atoms with van der Waals surface area (Å²) in [5.74, 6) is -0.775. The highest BCUT2D eigenvalue weighted by atomic mass is 16.6. The van der Waals surface area contributed by atoms with Crippen LogP contribution in [0.15, 0.2) is 24.3 Å². The third kappa shape index (κ3) is 3.55. The van der Waals surface area contributed by atoms with E-state index in [1.54, 1.807) is 14.1 Å². The fourth-order valence-corrected chi connectivity index (χ4v) is 1.18. The van der Waals surface area contributed by atoms with Crippen LogP contribution in [0.4, 0.5) is 5.69 Å². The number of benzene rings is 1. The Labute approximate surface area is 104 Å². The van der Waals surface area contributed by atoms with Gasteiger partial charge in [0.2, 0.25) is 5.91 Å². The van der Waals surface area contributed by atoms with E-state index in [-0.39, 0.29) is 23.7 Å². The van der Waals surface area contributed by atoms with E-state index in [1.165, 1.54) is 23.1 Å². The van der Waals surface area contributed by atoms with Crippen LogP contribution in [0.25, 0.3) is 0 Å². The molecule has 1 aromatic carbocycles. The predicted octanol–water partition coefficient (Wildman–Crippen LogP) is 0.413. The Hall–Kier alpha value is -2.44. The number of nitrogens with zero attached hydrogens (tertiary/aromatic N) is 2. The highest BCUT2D eigenvalue weighted by molar-refractivity contribution is 5.96. The first-order valence-corrected chi connectivity index (χ1v) is 5.14. The number of hydrogen-bond donors (Lipinski definition) is 1. The average Bonchev–Trinajstić information content (AvgIpc) is 2.35. The molecule has 7 heteroatoms. The minimum absolute atomic E-state index is 0.144. The lowest BCUT2D eigenvalue weighted by atomic mass is 10.2. The first kappa shape index (κ1) is 13.6. The van der Waals surface area contributed by atoms with Crippen LogP contribution >= 0.6 is 0 Å². The Bertz CT molecular complexity index is 485. The van der Waals surface area contributed by atoms with Crippen molar-refractivity contribution in [1.29, 1.82) is 0 Å². The first-order valence-electron chi connectivity index (χ1n) is 5.14. The van der Waals surface area contributed by atoms with Gasteiger partial charge in [-0.15, -0.1) is 0 Å². The van der Waals surface area contributed by atoms with Crippen molar-refractivity contribution in [2.45, 2.75) is 0 Å². The molecule has 18 heavy (non-hydrogen) atoms. The number of carbonyl (C=O) groups excluding carboxylic acids is 2. The molecule has 0 atom stereocenters. The summed E-state index contributed by atoms with van der Waals surface area (Å²) < 4.78 is 0. The highest BCUT2D eigenvalue weighted by Gasteiger charge is 2.12. The van der Waals surface area contributed by atoms with E-state index >= 15 is 0 Å². The van der Waals surface area contributed by atoms with Crippen LogP contribution in [0.3, 0.4) is 0 Å². The van der Waals surface area contributed by atoms with Crippen LogP contribution in [-0.2, 0) is 4.79 Å². The summed E-state index contributed by atoms with van der Waals surface area (Å²) in [4.78, 5) is 34.2. The van der Waals surface area contributed by atoms with E-state index in [4.69, 9.17) is 0 Å². The number of nitro groups is 1. The van der Waals surface area contributed by atoms with Gasteiger partial charge in [0, 0.05) is 31.8 Å². The van der Waals surface area contributed by atoms with E-state index in [0.717, 1.165) is 6.07 Å². The minimum Gasteiger partial charge on any atom is -0.347 e. The average molecular weight is 251 g/mol. The second-order valence-corrected chi connectivity index (χ2v) is 3.78. The van der Waals surface area contributed by atoms with Gasteiger partial charge in [0.1, 0.15) is 0 Å². The Morgan fingerprint density at radius 1 is 1.39 bits per heavy atom. The summed E-state index contributed by atoms with van der Waals surface area (Å²) in [6.07, 6.45) is 0. The van der Waals surface area contributed by atoms with Gasteiger partial charge in [0.15, 0.2) is 0 Å². The maximum Gasteiger partial charge on any atom is 0.270 e. The van der Waals surface area contributed by atoms with Crippen LogP contribution in [0.5, 0.6) is 0 Å². The maximum atomic E-state index is 11.6. The SMILES string of the molecule is CN(C)C(=O)CNC(=O)c1cccc([N+](=O)[O-])c1. The fraction of sp³-hybridized carbons (Fsp3) is 0.273. The molecule has 0 fully saturated rings. The van der Waals surface area contributed by atoms with Gasteiger partial charge in [0.25, 0.3) is 11.6 Å². The molecular formula is C11H13N3O4. The van der Waals surface area contributed by atoms with E-state index in [2.05, 4.69) is 5.32 Å². The Balaban J connectivity index is 2.70. The molecule has 0 saturated heterocycles. The summed E-state index contributed by atoms with van der Waals surface area (Å²) in [6.45, 7) is -0.144. The zero-order chi connectivity index (χ0) is 13.7. The molecule has 0 bridgehead atoms. The van der Waals surface area contributed by atoms with Crippen molar-refractivity contribution < 1.29 is 14.5 Å². The summed E-state index contributed by atoms with van der Waals surface area (Å²) in [7, 11) is 3.14. The van der Waals surface area contributed by atoms with E-state index in [0.29, 0.717) is 0 Å². The van der Waals surface area contributed by atoms with E-state index < -0.39 is 10.8 Å². The number of nitro benzene ring substituents is 1. The lowest BCUT2D eigenvalue weighted by Gasteiger charge is -2.10. The summed E-state index contributed by atoms with van der Waals surface area (Å²) in [5.41, 5.74) is -0.0163. The number of non-ortho nitro benzene ring substituents is 1. The van der Waals surface area contributed by atoms with Gasteiger partial charge in [-0.3, -0.25) is 19.7 Å². The molecule has 0 aromatic heterocycles. The minimum atomic E-state index is -0.582. The van der Waals surface area contributed by atoms with Gasteiger partial charge in [-0.1, -0.05) is 6.07 Å². The lowest BCUT2D eigenvalue weighted by Crippen LogP contribution is -2.36. The second-order valence-electron chi connectivity index (χ2n) is 3.78. The van der Waals surface area contributed by atoms with Gasteiger partial charge in [0.05, 0.1) is 11.5 Å². The quantitative estimate of drug-likeness (QED) is 0.619. The Morgan fingerprint density at radius 2 is 2.06 bits per heavy atom. The molecule has 96 valence electrons. The number of carbonyl (C=O) groups is 2. The molecule has 0 unspecified atom stereocenters. The van der Waals surface area contributed by atoms with Crippen LogP contribution in [0.1, 0.15) is 10.4 Å². The summed E-state index contributed by atoms with van der Waals surface area (Å²) in [5, 5.41) is 12.9. The summed E-state index contributed by atoms with van der Waals surface area (Å²) in [6, 6.07) is 5.32. The van der Waals surface area contributed by atoms with Gasteiger partial charge in [-0.2, -0.15) is 0 Å². The van der Waals surface area contributed by atoms with Crippen LogP contribution in [0, 0.1) is 10.1 Å². The molecule has 0 radical (unpaired) electrons. The van der Waals surface area contributed by atoms with Crippen LogP contribution < -0.4 is 5.32 Å². The zero-order valence-corrected chi connectivity index (χ0v) is 10.0. The third-order valence-corrected chi connectivity index (χ3v) is 2.22. The fourth-order valence-electron chi connectivity index (χ4n) is 1.18. The van der Waals surface area contributed by atoms with Crippen LogP contribution in [-0.4, -0.2) is 42.3 Å². The second kappa shape index (κ2) is 5.76. The molecule has 2 amide bonds. The Kier molecular flexibility index (Phi) is 4.36. The van der Waals surface area contributed by atoms with Crippen molar-refractivity contribution >= 4 is 17.5 Å². The molecule has 0 saturated carbocycles. The predicted molar refractivity (Wildman–Crippen MR) is 64.1 cm³/mol. The van der Waals surface area contributed by atoms with Crippen molar-refractivity contribution in [3.8, 4) is 0 Å². The molecule has 1 aromatic rings. The summed E-state index contributed by atoms with van der Waals surface area (Å²) >= 11 is 0. The molecule has 0 aliphatic carbocycles. The van der Waals surface area contributed by atoms with Gasteiger partial charge in [-0.05, 0) is 6.07 Å². The molecule has 1 N–H and O–H groups in total. The highest BCUT2D eigenvalue weighted by Crippen LogP contribution is 2.12. The van der Waals surface area contributed by atoms with Crippen molar-refractivity contribution in [2.75, 3.05) is 20.6 Å². The lowest BCUT2D eigenvalue weighted by molar-refractivity contribution is -0.384. The molecule has 0 heterocycles. The standard InChI is InChI=1S/C11H13N3O4/c1-13(2)10(15)7-12-11(16)8-4-3-5-9(6-8)14(17)18/h3-6H,7H2,1-2H3,(H,12,16). The third-order valence-electron chi connectivity index (χ3n) is 2.22. The number of amides is 2. The van der Waals surface area contributed by atoms with E-state index in [1.807, 2.05) is 0 Å².